The van der Waals surface area contributed by atoms with Gasteiger partial charge < -0.3 is 5.73 Å². The minimum atomic E-state index is -4.64. The van der Waals surface area contributed by atoms with Crippen LogP contribution in [-0.4, -0.2) is 5.78 Å². The molecule has 2 rings (SSSR count). The number of nitrogen functional groups attached to an aromatic ring is 1. The number of carbonyl (C=O) groups is 1. The van der Waals surface area contributed by atoms with Crippen LogP contribution in [0.5, 0.6) is 0 Å². The van der Waals surface area contributed by atoms with Crippen molar-refractivity contribution in [2.75, 3.05) is 5.73 Å². The lowest BCUT2D eigenvalue weighted by Crippen LogP contribution is -2.14. The number of benzene rings is 2. The monoisotopic (exact) mass is 377 g/mol. The van der Waals surface area contributed by atoms with E-state index in [4.69, 9.17) is 17.3 Å². The molecule has 2 aromatic carbocycles. The molecule has 0 aliphatic heterocycles. The molecule has 2 nitrogen and oxygen atoms in total. The zero-order valence-corrected chi connectivity index (χ0v) is 12.7. The van der Waals surface area contributed by atoms with Gasteiger partial charge in [-0.15, -0.1) is 0 Å². The van der Waals surface area contributed by atoms with Crippen molar-refractivity contribution in [3.05, 3.63) is 62.6 Å². The van der Waals surface area contributed by atoms with Gasteiger partial charge >= 0.3 is 6.18 Å². The third kappa shape index (κ3) is 3.39. The first-order chi connectivity index (χ1) is 9.70. The van der Waals surface area contributed by atoms with Crippen molar-refractivity contribution < 1.29 is 18.0 Å². The zero-order valence-electron chi connectivity index (χ0n) is 10.3. The van der Waals surface area contributed by atoms with Crippen LogP contribution in [0.1, 0.15) is 21.5 Å². The summed E-state index contributed by atoms with van der Waals surface area (Å²) in [4.78, 5) is 12.3. The third-order valence-electron chi connectivity index (χ3n) is 2.77. The molecule has 2 N–H and O–H groups in total. The summed E-state index contributed by atoms with van der Waals surface area (Å²) in [5.41, 5.74) is 4.32. The average molecular weight is 379 g/mol. The van der Waals surface area contributed by atoms with Gasteiger partial charge in [-0.25, -0.2) is 0 Å². The van der Waals surface area contributed by atoms with Crippen molar-refractivity contribution in [1.29, 1.82) is 0 Å². The van der Waals surface area contributed by atoms with Gasteiger partial charge in [-0.3, -0.25) is 4.79 Å². The Hall–Kier alpha value is -1.53. The Morgan fingerprint density at radius 2 is 1.71 bits per heavy atom. The second kappa shape index (κ2) is 5.69. The normalized spacial score (nSPS) is 11.5. The Bertz CT molecular complexity index is 716. The van der Waals surface area contributed by atoms with E-state index in [1.54, 1.807) is 0 Å². The highest BCUT2D eigenvalue weighted by Gasteiger charge is 2.35. The second-order valence-corrected chi connectivity index (χ2v) is 5.58. The van der Waals surface area contributed by atoms with Crippen LogP contribution in [0.4, 0.5) is 18.9 Å². The standard InChI is InChI=1S/C14H8BrClF3NO/c15-7-1-3-9(11(5-7)14(17,18)19)13(21)10-4-2-8(20)6-12(10)16/h1-6H,20H2. The summed E-state index contributed by atoms with van der Waals surface area (Å²) in [7, 11) is 0. The molecule has 7 heteroatoms. The van der Waals surface area contributed by atoms with Crippen LogP contribution in [-0.2, 0) is 6.18 Å². The largest absolute Gasteiger partial charge is 0.417 e. The number of rotatable bonds is 2. The van der Waals surface area contributed by atoms with Gasteiger partial charge in [-0.2, -0.15) is 13.2 Å². The van der Waals surface area contributed by atoms with Gasteiger partial charge in [0.2, 0.25) is 0 Å². The Balaban J connectivity index is 2.59. The molecule has 0 bridgehead atoms. The number of alkyl halides is 3. The van der Waals surface area contributed by atoms with E-state index in [9.17, 15) is 18.0 Å². The average Bonchev–Trinajstić information content (AvgIpc) is 2.37. The Kier molecular flexibility index (Phi) is 4.30. The van der Waals surface area contributed by atoms with Gasteiger partial charge in [0.05, 0.1) is 10.6 Å². The van der Waals surface area contributed by atoms with Crippen LogP contribution in [0.2, 0.25) is 5.02 Å². The van der Waals surface area contributed by atoms with Crippen molar-refractivity contribution in [1.82, 2.24) is 0 Å². The van der Waals surface area contributed by atoms with E-state index in [0.29, 0.717) is 5.69 Å². The van der Waals surface area contributed by atoms with Crippen LogP contribution >= 0.6 is 27.5 Å². The molecule has 0 unspecified atom stereocenters. The predicted octanol–water partition coefficient (Wildman–Crippen LogP) is 4.93. The van der Waals surface area contributed by atoms with Crippen molar-refractivity contribution in [3.8, 4) is 0 Å². The molecule has 0 aliphatic rings. The molecule has 0 radical (unpaired) electrons. The fraction of sp³-hybridized carbons (Fsp3) is 0.0714. The predicted molar refractivity (Wildman–Crippen MR) is 78.4 cm³/mol. The van der Waals surface area contributed by atoms with E-state index in [0.717, 1.165) is 12.1 Å². The number of hydrogen-bond donors (Lipinski definition) is 1. The third-order valence-corrected chi connectivity index (χ3v) is 3.58. The molecule has 0 spiro atoms. The summed E-state index contributed by atoms with van der Waals surface area (Å²) >= 11 is 8.85. The Morgan fingerprint density at radius 1 is 1.10 bits per heavy atom. The van der Waals surface area contributed by atoms with Crippen molar-refractivity contribution in [3.63, 3.8) is 0 Å². The maximum atomic E-state index is 13.0. The van der Waals surface area contributed by atoms with E-state index >= 15 is 0 Å². The number of nitrogens with two attached hydrogens (primary N) is 1. The van der Waals surface area contributed by atoms with E-state index in [2.05, 4.69) is 15.9 Å². The molecule has 0 saturated heterocycles. The molecule has 0 aromatic heterocycles. The van der Waals surface area contributed by atoms with Gasteiger partial charge in [-0.1, -0.05) is 27.5 Å². The summed E-state index contributed by atoms with van der Waals surface area (Å²) in [5, 5.41) is 0.0102. The lowest BCUT2D eigenvalue weighted by atomic mass is 9.98. The van der Waals surface area contributed by atoms with Gasteiger partial charge in [0.25, 0.3) is 0 Å². The van der Waals surface area contributed by atoms with Gasteiger partial charge in [-0.05, 0) is 36.4 Å². The summed E-state index contributed by atoms with van der Waals surface area (Å²) in [6.45, 7) is 0. The van der Waals surface area contributed by atoms with Crippen LogP contribution in [0.25, 0.3) is 0 Å². The highest BCUT2D eigenvalue weighted by molar-refractivity contribution is 9.10. The van der Waals surface area contributed by atoms with Crippen molar-refractivity contribution in [2.45, 2.75) is 6.18 Å². The fourth-order valence-electron chi connectivity index (χ4n) is 1.81. The SMILES string of the molecule is Nc1ccc(C(=O)c2ccc(Br)cc2C(F)(F)F)c(Cl)c1. The molecule has 0 saturated carbocycles. The van der Waals surface area contributed by atoms with Gasteiger partial charge in [0, 0.05) is 21.3 Å². The van der Waals surface area contributed by atoms with E-state index in [1.807, 2.05) is 0 Å². The lowest BCUT2D eigenvalue weighted by molar-refractivity contribution is -0.137. The molecule has 0 fully saturated rings. The number of ketones is 1. The maximum Gasteiger partial charge on any atom is 0.417 e. The number of hydrogen-bond acceptors (Lipinski definition) is 2. The Labute approximate surface area is 131 Å². The van der Waals surface area contributed by atoms with Crippen LogP contribution in [0, 0.1) is 0 Å². The van der Waals surface area contributed by atoms with E-state index in [-0.39, 0.29) is 15.1 Å². The smallest absolute Gasteiger partial charge is 0.399 e. The topological polar surface area (TPSA) is 43.1 Å². The van der Waals surface area contributed by atoms with E-state index in [1.165, 1.54) is 24.3 Å². The minimum absolute atomic E-state index is 0.0102. The minimum Gasteiger partial charge on any atom is -0.399 e. The number of halogens is 5. The summed E-state index contributed by atoms with van der Waals surface area (Å²) < 4.78 is 39.4. The molecule has 110 valence electrons. The van der Waals surface area contributed by atoms with Crippen molar-refractivity contribution in [2.24, 2.45) is 0 Å². The molecular formula is C14H8BrClF3NO. The molecule has 2 aromatic rings. The van der Waals surface area contributed by atoms with E-state index < -0.39 is 23.1 Å². The molecule has 0 atom stereocenters. The summed E-state index contributed by atoms with van der Waals surface area (Å²) in [6, 6.07) is 7.38. The van der Waals surface area contributed by atoms with Gasteiger partial charge in [0.1, 0.15) is 0 Å². The van der Waals surface area contributed by atoms with Crippen LogP contribution in [0.15, 0.2) is 40.9 Å². The molecule has 0 aliphatic carbocycles. The highest BCUT2D eigenvalue weighted by Crippen LogP contribution is 2.35. The molecular weight excluding hydrogens is 371 g/mol. The number of anilines is 1. The first-order valence-corrected chi connectivity index (χ1v) is 6.83. The Morgan fingerprint density at radius 3 is 2.29 bits per heavy atom. The first kappa shape index (κ1) is 15.9. The molecule has 0 heterocycles. The quantitative estimate of drug-likeness (QED) is 0.594. The number of carbonyl (C=O) groups excluding carboxylic acids is 1. The van der Waals surface area contributed by atoms with Gasteiger partial charge in [0.15, 0.2) is 5.78 Å². The van der Waals surface area contributed by atoms with Crippen LogP contribution in [0.3, 0.4) is 0 Å². The van der Waals surface area contributed by atoms with Crippen molar-refractivity contribution >= 4 is 39.0 Å². The fourth-order valence-corrected chi connectivity index (χ4v) is 2.45. The molecule has 0 amide bonds. The summed E-state index contributed by atoms with van der Waals surface area (Å²) in [5.74, 6) is -0.806. The first-order valence-electron chi connectivity index (χ1n) is 5.66. The maximum absolute atomic E-state index is 13.0. The summed E-state index contributed by atoms with van der Waals surface area (Å²) in [6.07, 6.45) is -4.64. The second-order valence-electron chi connectivity index (χ2n) is 4.26. The zero-order chi connectivity index (χ0) is 15.8. The highest BCUT2D eigenvalue weighted by atomic mass is 79.9. The van der Waals surface area contributed by atoms with Crippen LogP contribution < -0.4 is 5.73 Å². The lowest BCUT2D eigenvalue weighted by Gasteiger charge is -2.13. The molecule has 21 heavy (non-hydrogen) atoms.